The highest BCUT2D eigenvalue weighted by Crippen LogP contribution is 2.22. The highest BCUT2D eigenvalue weighted by atomic mass is 32.2. The number of hydrogen-bond acceptors (Lipinski definition) is 4. The van der Waals surface area contributed by atoms with E-state index in [1.807, 2.05) is 13.0 Å². The Morgan fingerprint density at radius 2 is 1.55 bits per heavy atom. The van der Waals surface area contributed by atoms with E-state index < -0.39 is 15.7 Å². The van der Waals surface area contributed by atoms with Crippen molar-refractivity contribution in [3.8, 4) is 0 Å². The summed E-state index contributed by atoms with van der Waals surface area (Å²) < 4.78 is 24.2. The molecule has 5 nitrogen and oxygen atoms in total. The molecule has 1 N–H and O–H groups in total. The lowest BCUT2D eigenvalue weighted by Gasteiger charge is -2.12. The van der Waals surface area contributed by atoms with Gasteiger partial charge in [-0.25, -0.2) is 8.42 Å². The lowest BCUT2D eigenvalue weighted by Crippen LogP contribution is -2.16. The van der Waals surface area contributed by atoms with Crippen molar-refractivity contribution in [1.29, 1.82) is 0 Å². The minimum Gasteiger partial charge on any atom is -0.321 e. The number of sulfone groups is 1. The predicted octanol–water partition coefficient (Wildman–Crippen LogP) is 4.27. The van der Waals surface area contributed by atoms with Gasteiger partial charge in [0, 0.05) is 16.7 Å². The molecular formula is C23H21NO4S. The molecule has 3 rings (SSSR count). The van der Waals surface area contributed by atoms with Crippen molar-refractivity contribution in [2.75, 3.05) is 11.1 Å². The molecule has 3 aromatic carbocycles. The molecule has 0 unspecified atom stereocenters. The van der Waals surface area contributed by atoms with Crippen molar-refractivity contribution in [1.82, 2.24) is 0 Å². The summed E-state index contributed by atoms with van der Waals surface area (Å²) in [4.78, 5) is 25.8. The van der Waals surface area contributed by atoms with Gasteiger partial charge in [0.25, 0.3) is 5.91 Å². The van der Waals surface area contributed by atoms with Gasteiger partial charge in [0.2, 0.25) is 0 Å². The molecule has 0 saturated heterocycles. The smallest absolute Gasteiger partial charge is 0.255 e. The Balaban J connectivity index is 1.94. The number of rotatable bonds is 6. The number of hydrogen-bond donors (Lipinski definition) is 1. The van der Waals surface area contributed by atoms with E-state index in [1.54, 1.807) is 49.4 Å². The van der Waals surface area contributed by atoms with Crippen molar-refractivity contribution < 1.29 is 18.0 Å². The van der Waals surface area contributed by atoms with Gasteiger partial charge in [0.15, 0.2) is 15.6 Å². The van der Waals surface area contributed by atoms with Gasteiger partial charge in [-0.3, -0.25) is 9.59 Å². The van der Waals surface area contributed by atoms with Crippen molar-refractivity contribution in [2.45, 2.75) is 18.7 Å². The quantitative estimate of drug-likeness (QED) is 0.619. The average Bonchev–Trinajstić information content (AvgIpc) is 2.75. The van der Waals surface area contributed by atoms with Crippen LogP contribution in [0.25, 0.3) is 0 Å². The predicted molar refractivity (Wildman–Crippen MR) is 113 cm³/mol. The number of amides is 1. The van der Waals surface area contributed by atoms with E-state index in [-0.39, 0.29) is 22.0 Å². The first-order valence-corrected chi connectivity index (χ1v) is 10.8. The fourth-order valence-corrected chi connectivity index (χ4v) is 3.82. The molecule has 0 aromatic heterocycles. The van der Waals surface area contributed by atoms with Crippen molar-refractivity contribution in [3.05, 3.63) is 95.1 Å². The molecule has 0 aliphatic carbocycles. The third-order valence-corrected chi connectivity index (χ3v) is 6.27. The topological polar surface area (TPSA) is 80.3 Å². The second-order valence-corrected chi connectivity index (χ2v) is 8.91. The number of carbonyl (C=O) groups excluding carboxylic acids is 2. The van der Waals surface area contributed by atoms with Crippen LogP contribution in [0.3, 0.4) is 0 Å². The first-order valence-electron chi connectivity index (χ1n) is 9.16. The third kappa shape index (κ3) is 4.60. The summed E-state index contributed by atoms with van der Waals surface area (Å²) in [5.41, 5.74) is 2.36. The second kappa shape index (κ2) is 8.41. The maximum Gasteiger partial charge on any atom is 0.255 e. The molecule has 0 atom stereocenters. The van der Waals surface area contributed by atoms with Crippen molar-refractivity contribution in [3.63, 3.8) is 0 Å². The Kier molecular flexibility index (Phi) is 5.94. The summed E-state index contributed by atoms with van der Waals surface area (Å²) >= 11 is 0. The van der Waals surface area contributed by atoms with Crippen LogP contribution in [0.5, 0.6) is 0 Å². The monoisotopic (exact) mass is 407 g/mol. The maximum absolute atomic E-state index is 12.9. The van der Waals surface area contributed by atoms with Gasteiger partial charge < -0.3 is 5.32 Å². The Morgan fingerprint density at radius 1 is 0.862 bits per heavy atom. The Hall–Kier alpha value is -3.25. The van der Waals surface area contributed by atoms with Crippen LogP contribution < -0.4 is 5.32 Å². The molecule has 0 saturated carbocycles. The minimum absolute atomic E-state index is 0.0498. The molecule has 3 aromatic rings. The van der Waals surface area contributed by atoms with E-state index in [0.717, 1.165) is 5.56 Å². The minimum atomic E-state index is -3.42. The van der Waals surface area contributed by atoms with E-state index in [1.165, 1.54) is 24.3 Å². The number of anilines is 1. The van der Waals surface area contributed by atoms with Gasteiger partial charge in [-0.2, -0.15) is 0 Å². The summed E-state index contributed by atoms with van der Waals surface area (Å²) in [5.74, 6) is -0.734. The van der Waals surface area contributed by atoms with Crippen LogP contribution in [-0.4, -0.2) is 25.9 Å². The summed E-state index contributed by atoms with van der Waals surface area (Å²) in [6.45, 7) is 3.42. The molecule has 0 fully saturated rings. The van der Waals surface area contributed by atoms with Crippen LogP contribution in [0.15, 0.2) is 77.7 Å². The molecule has 6 heteroatoms. The third-order valence-electron chi connectivity index (χ3n) is 4.54. The highest BCUT2D eigenvalue weighted by Gasteiger charge is 2.18. The molecule has 0 heterocycles. The van der Waals surface area contributed by atoms with E-state index in [4.69, 9.17) is 0 Å². The molecule has 0 aliphatic rings. The lowest BCUT2D eigenvalue weighted by atomic mass is 9.99. The second-order valence-electron chi connectivity index (χ2n) is 6.63. The molecule has 148 valence electrons. The zero-order valence-electron chi connectivity index (χ0n) is 16.2. The largest absolute Gasteiger partial charge is 0.321 e. The number of benzene rings is 3. The first-order chi connectivity index (χ1) is 13.8. The van der Waals surface area contributed by atoms with Gasteiger partial charge in [-0.1, -0.05) is 55.0 Å². The fraction of sp³-hybridized carbons (Fsp3) is 0.130. The fourth-order valence-electron chi connectivity index (χ4n) is 2.89. The number of ketones is 1. The molecule has 0 bridgehead atoms. The van der Waals surface area contributed by atoms with Gasteiger partial charge in [0.05, 0.1) is 16.3 Å². The van der Waals surface area contributed by atoms with Crippen LogP contribution >= 0.6 is 0 Å². The van der Waals surface area contributed by atoms with E-state index >= 15 is 0 Å². The molecule has 29 heavy (non-hydrogen) atoms. The lowest BCUT2D eigenvalue weighted by molar-refractivity contribution is 0.102. The van der Waals surface area contributed by atoms with Crippen molar-refractivity contribution >= 4 is 27.2 Å². The van der Waals surface area contributed by atoms with Gasteiger partial charge in [-0.15, -0.1) is 0 Å². The zero-order valence-corrected chi connectivity index (χ0v) is 17.0. The molecular weight excluding hydrogens is 386 g/mol. The van der Waals surface area contributed by atoms with E-state index in [0.29, 0.717) is 16.8 Å². The normalized spacial score (nSPS) is 11.1. The number of nitrogens with one attached hydrogen (secondary N) is 1. The van der Waals surface area contributed by atoms with Crippen LogP contribution in [0.2, 0.25) is 0 Å². The number of carbonyl (C=O) groups is 2. The number of aryl methyl sites for hydroxylation is 1. The van der Waals surface area contributed by atoms with Crippen LogP contribution in [0.1, 0.15) is 38.8 Å². The molecule has 0 spiro atoms. The maximum atomic E-state index is 12.9. The molecule has 0 aliphatic heterocycles. The zero-order chi connectivity index (χ0) is 21.0. The molecule has 1 amide bonds. The Labute approximate surface area is 170 Å². The Morgan fingerprint density at radius 3 is 2.24 bits per heavy atom. The highest BCUT2D eigenvalue weighted by molar-refractivity contribution is 7.91. The Bertz CT molecular complexity index is 1170. The summed E-state index contributed by atoms with van der Waals surface area (Å²) in [7, 11) is -3.42. The molecule has 0 radical (unpaired) electrons. The average molecular weight is 407 g/mol. The van der Waals surface area contributed by atoms with Gasteiger partial charge >= 0.3 is 0 Å². The van der Waals surface area contributed by atoms with E-state index in [2.05, 4.69) is 5.32 Å². The van der Waals surface area contributed by atoms with Crippen LogP contribution in [0.4, 0.5) is 5.69 Å². The van der Waals surface area contributed by atoms with Gasteiger partial charge in [0.1, 0.15) is 0 Å². The van der Waals surface area contributed by atoms with Crippen LogP contribution in [-0.2, 0) is 9.84 Å². The van der Waals surface area contributed by atoms with Crippen LogP contribution in [0, 0.1) is 6.92 Å². The standard InChI is InChI=1S/C23H21NO4S/c1-3-29(27,28)19-11-7-10-18(15-19)23(26)24-21-13-12-16(2)14-20(21)22(25)17-8-5-4-6-9-17/h4-15H,3H2,1-2H3,(H,24,26). The summed E-state index contributed by atoms with van der Waals surface area (Å²) in [6.07, 6.45) is 0. The first kappa shape index (κ1) is 20.5. The van der Waals surface area contributed by atoms with Gasteiger partial charge in [-0.05, 0) is 37.3 Å². The summed E-state index contributed by atoms with van der Waals surface area (Å²) in [6, 6.07) is 19.9. The SMILES string of the molecule is CCS(=O)(=O)c1cccc(C(=O)Nc2ccc(C)cc2C(=O)c2ccccc2)c1. The van der Waals surface area contributed by atoms with E-state index in [9.17, 15) is 18.0 Å². The van der Waals surface area contributed by atoms with Crippen molar-refractivity contribution in [2.24, 2.45) is 0 Å². The summed E-state index contributed by atoms with van der Waals surface area (Å²) in [5, 5.41) is 2.75.